The average Bonchev–Trinajstić information content (AvgIpc) is 3.13. The minimum atomic E-state index is -0.0729. The number of nitrogens with one attached hydrogen (secondary N) is 1. The zero-order valence-corrected chi connectivity index (χ0v) is 16.1. The van der Waals surface area contributed by atoms with E-state index in [1.807, 2.05) is 62.6 Å². The molecular formula is C23H20N2OS. The highest BCUT2D eigenvalue weighted by Gasteiger charge is 2.11. The molecule has 0 unspecified atom stereocenters. The highest BCUT2D eigenvalue weighted by molar-refractivity contribution is 7.20. The van der Waals surface area contributed by atoms with Crippen LogP contribution in [0.2, 0.25) is 0 Å². The molecule has 4 aromatic rings. The predicted octanol–water partition coefficient (Wildman–Crippen LogP) is 5.89. The van der Waals surface area contributed by atoms with Crippen molar-refractivity contribution < 1.29 is 4.79 Å². The first-order valence-electron chi connectivity index (χ1n) is 8.78. The van der Waals surface area contributed by atoms with E-state index in [0.29, 0.717) is 0 Å². The summed E-state index contributed by atoms with van der Waals surface area (Å²) in [4.78, 5) is 15.4. The normalized spacial score (nSPS) is 10.7. The molecule has 1 aromatic heterocycles. The molecule has 1 amide bonds. The van der Waals surface area contributed by atoms with Gasteiger partial charge in [0.05, 0.1) is 4.88 Å². The van der Waals surface area contributed by atoms with Gasteiger partial charge in [0.25, 0.3) is 5.91 Å². The molecule has 1 N–H and O–H groups in total. The maximum Gasteiger partial charge on any atom is 0.265 e. The van der Waals surface area contributed by atoms with Crippen molar-refractivity contribution in [1.82, 2.24) is 0 Å². The van der Waals surface area contributed by atoms with Gasteiger partial charge >= 0.3 is 0 Å². The molecule has 3 nitrogen and oxygen atoms in total. The number of fused-ring (bicyclic) bond motifs is 1. The Morgan fingerprint density at radius 2 is 1.63 bits per heavy atom. The molecule has 0 aliphatic heterocycles. The highest BCUT2D eigenvalue weighted by Crippen LogP contribution is 2.28. The monoisotopic (exact) mass is 372 g/mol. The maximum absolute atomic E-state index is 12.6. The van der Waals surface area contributed by atoms with Crippen molar-refractivity contribution >= 4 is 38.7 Å². The molecule has 0 atom stereocenters. The van der Waals surface area contributed by atoms with Gasteiger partial charge in [-0.2, -0.15) is 0 Å². The SMILES string of the molecule is CN(C)c1ccc(-c2cccc(NC(=O)c3cc4ccccc4s3)c2)cc1. The van der Waals surface area contributed by atoms with Gasteiger partial charge in [-0.15, -0.1) is 11.3 Å². The molecule has 0 saturated heterocycles. The van der Waals surface area contributed by atoms with Crippen LogP contribution < -0.4 is 10.2 Å². The van der Waals surface area contributed by atoms with Gasteiger partial charge in [-0.1, -0.05) is 42.5 Å². The van der Waals surface area contributed by atoms with E-state index in [-0.39, 0.29) is 5.91 Å². The molecule has 27 heavy (non-hydrogen) atoms. The van der Waals surface area contributed by atoms with E-state index in [1.165, 1.54) is 11.3 Å². The summed E-state index contributed by atoms with van der Waals surface area (Å²) in [5.74, 6) is -0.0729. The Balaban J connectivity index is 1.56. The van der Waals surface area contributed by atoms with Crippen LogP contribution in [-0.4, -0.2) is 20.0 Å². The fourth-order valence-electron chi connectivity index (χ4n) is 3.02. The number of anilines is 2. The van der Waals surface area contributed by atoms with Crippen molar-refractivity contribution in [3.8, 4) is 11.1 Å². The topological polar surface area (TPSA) is 32.3 Å². The first-order chi connectivity index (χ1) is 13.1. The van der Waals surface area contributed by atoms with Crippen LogP contribution in [0.5, 0.6) is 0 Å². The number of thiophene rings is 1. The van der Waals surface area contributed by atoms with Gasteiger partial charge in [-0.3, -0.25) is 4.79 Å². The number of hydrogen-bond acceptors (Lipinski definition) is 3. The van der Waals surface area contributed by atoms with Crippen LogP contribution >= 0.6 is 11.3 Å². The van der Waals surface area contributed by atoms with Crippen molar-refractivity contribution in [1.29, 1.82) is 0 Å². The van der Waals surface area contributed by atoms with E-state index < -0.39 is 0 Å². The lowest BCUT2D eigenvalue weighted by atomic mass is 10.0. The molecule has 0 aliphatic rings. The van der Waals surface area contributed by atoms with Crippen LogP contribution in [0, 0.1) is 0 Å². The third-order valence-corrected chi connectivity index (χ3v) is 5.60. The summed E-state index contributed by atoms with van der Waals surface area (Å²) in [6.07, 6.45) is 0. The molecule has 134 valence electrons. The van der Waals surface area contributed by atoms with E-state index >= 15 is 0 Å². The summed E-state index contributed by atoms with van der Waals surface area (Å²) in [6, 6.07) is 26.3. The van der Waals surface area contributed by atoms with Crippen molar-refractivity contribution in [2.75, 3.05) is 24.3 Å². The molecule has 0 spiro atoms. The quantitative estimate of drug-likeness (QED) is 0.485. The molecule has 0 radical (unpaired) electrons. The van der Waals surface area contributed by atoms with Gasteiger partial charge in [0.2, 0.25) is 0 Å². The fourth-order valence-corrected chi connectivity index (χ4v) is 3.97. The van der Waals surface area contributed by atoms with Gasteiger partial charge in [-0.25, -0.2) is 0 Å². The first-order valence-corrected chi connectivity index (χ1v) is 9.59. The summed E-state index contributed by atoms with van der Waals surface area (Å²) in [5.41, 5.74) is 4.16. The van der Waals surface area contributed by atoms with E-state index in [9.17, 15) is 4.79 Å². The lowest BCUT2D eigenvalue weighted by Gasteiger charge is -2.13. The summed E-state index contributed by atoms with van der Waals surface area (Å²) in [6.45, 7) is 0. The lowest BCUT2D eigenvalue weighted by Crippen LogP contribution is -2.10. The number of amides is 1. The summed E-state index contributed by atoms with van der Waals surface area (Å²) in [5, 5.41) is 4.12. The molecule has 1 heterocycles. The van der Waals surface area contributed by atoms with Gasteiger partial charge in [0.1, 0.15) is 0 Å². The molecule has 3 aromatic carbocycles. The van der Waals surface area contributed by atoms with Gasteiger partial charge in [0.15, 0.2) is 0 Å². The Bertz CT molecular complexity index is 1060. The molecule has 0 bridgehead atoms. The molecule has 0 saturated carbocycles. The van der Waals surface area contributed by atoms with Crippen LogP contribution in [0.4, 0.5) is 11.4 Å². The number of rotatable bonds is 4. The summed E-state index contributed by atoms with van der Waals surface area (Å²) in [7, 11) is 4.05. The minimum absolute atomic E-state index is 0.0729. The van der Waals surface area contributed by atoms with Crippen molar-refractivity contribution in [3.63, 3.8) is 0 Å². The number of nitrogens with zero attached hydrogens (tertiary/aromatic N) is 1. The standard InChI is InChI=1S/C23H20N2OS/c1-25(2)20-12-10-16(11-13-20)17-7-5-8-19(14-17)24-23(26)22-15-18-6-3-4-9-21(18)27-22/h3-15H,1-2H3,(H,24,26). The van der Waals surface area contributed by atoms with E-state index in [2.05, 4.69) is 40.5 Å². The smallest absolute Gasteiger partial charge is 0.265 e. The number of hydrogen-bond donors (Lipinski definition) is 1. The van der Waals surface area contributed by atoms with Crippen LogP contribution in [0.3, 0.4) is 0 Å². The molecule has 4 heteroatoms. The van der Waals surface area contributed by atoms with Crippen LogP contribution in [0.1, 0.15) is 9.67 Å². The molecular weight excluding hydrogens is 352 g/mol. The second kappa shape index (κ2) is 7.25. The molecule has 4 rings (SSSR count). The number of carbonyl (C=O) groups excluding carboxylic acids is 1. The lowest BCUT2D eigenvalue weighted by molar-refractivity contribution is 0.103. The minimum Gasteiger partial charge on any atom is -0.378 e. The largest absolute Gasteiger partial charge is 0.378 e. The van der Waals surface area contributed by atoms with Crippen LogP contribution in [-0.2, 0) is 0 Å². The molecule has 0 aliphatic carbocycles. The van der Waals surface area contributed by atoms with Crippen molar-refractivity contribution in [2.45, 2.75) is 0 Å². The highest BCUT2D eigenvalue weighted by atomic mass is 32.1. The van der Waals surface area contributed by atoms with Crippen molar-refractivity contribution in [2.24, 2.45) is 0 Å². The van der Waals surface area contributed by atoms with E-state index in [1.54, 1.807) is 0 Å². The fraction of sp³-hybridized carbons (Fsp3) is 0.0870. The zero-order chi connectivity index (χ0) is 18.8. The first kappa shape index (κ1) is 17.3. The Morgan fingerprint density at radius 3 is 2.37 bits per heavy atom. The second-order valence-electron chi connectivity index (χ2n) is 6.62. The average molecular weight is 372 g/mol. The summed E-state index contributed by atoms with van der Waals surface area (Å²) < 4.78 is 1.12. The van der Waals surface area contributed by atoms with Gasteiger partial charge in [-0.05, 0) is 52.9 Å². The molecule has 0 fully saturated rings. The Morgan fingerprint density at radius 1 is 0.852 bits per heavy atom. The van der Waals surface area contributed by atoms with Gasteiger partial charge < -0.3 is 10.2 Å². The third kappa shape index (κ3) is 3.71. The van der Waals surface area contributed by atoms with E-state index in [0.717, 1.165) is 37.5 Å². The third-order valence-electron chi connectivity index (χ3n) is 4.49. The maximum atomic E-state index is 12.6. The predicted molar refractivity (Wildman–Crippen MR) is 116 cm³/mol. The van der Waals surface area contributed by atoms with E-state index in [4.69, 9.17) is 0 Å². The Labute approximate surface area is 162 Å². The van der Waals surface area contributed by atoms with Crippen LogP contribution in [0.15, 0.2) is 78.9 Å². The Kier molecular flexibility index (Phi) is 4.65. The number of benzene rings is 3. The second-order valence-corrected chi connectivity index (χ2v) is 7.71. The Hall–Kier alpha value is -3.11. The van der Waals surface area contributed by atoms with Crippen molar-refractivity contribution in [3.05, 3.63) is 83.7 Å². The van der Waals surface area contributed by atoms with Gasteiger partial charge in [0, 0.05) is 30.2 Å². The van der Waals surface area contributed by atoms with Crippen LogP contribution in [0.25, 0.3) is 21.2 Å². The zero-order valence-electron chi connectivity index (χ0n) is 15.3. The summed E-state index contributed by atoms with van der Waals surface area (Å²) >= 11 is 1.51. The number of carbonyl (C=O) groups is 1.